The predicted molar refractivity (Wildman–Crippen MR) is 71.8 cm³/mol. The molecule has 4 heteroatoms. The first-order valence-electron chi connectivity index (χ1n) is 6.57. The number of aromatic nitrogens is 1. The average Bonchev–Trinajstić information content (AvgIpc) is 2.85. The topological polar surface area (TPSA) is 34.2 Å². The number of aryl methyl sites for hydroxylation is 1. The van der Waals surface area contributed by atoms with Gasteiger partial charge in [0, 0.05) is 24.5 Å². The van der Waals surface area contributed by atoms with Crippen molar-refractivity contribution in [2.45, 2.75) is 38.0 Å². The van der Waals surface area contributed by atoms with Gasteiger partial charge in [0.1, 0.15) is 0 Å². The van der Waals surface area contributed by atoms with Crippen molar-refractivity contribution in [3.63, 3.8) is 0 Å². The second-order valence-electron chi connectivity index (χ2n) is 4.61. The summed E-state index contributed by atoms with van der Waals surface area (Å²) < 4.78 is 5.39. The zero-order valence-corrected chi connectivity index (χ0v) is 11.4. The number of nitrogens with one attached hydrogen (secondary N) is 1. The molecule has 0 radical (unpaired) electrons. The normalized spacial score (nSPS) is 17.5. The lowest BCUT2D eigenvalue weighted by atomic mass is 9.97. The zero-order chi connectivity index (χ0) is 11.9. The Bertz CT molecular complexity index is 321. The molecule has 0 aromatic carbocycles. The molecule has 17 heavy (non-hydrogen) atoms. The predicted octanol–water partition coefficient (Wildman–Crippen LogP) is 2.58. The molecule has 2 rings (SSSR count). The minimum Gasteiger partial charge on any atom is -0.381 e. The van der Waals surface area contributed by atoms with Gasteiger partial charge in [-0.05, 0) is 45.7 Å². The lowest BCUT2D eigenvalue weighted by molar-refractivity contribution is 0.0846. The van der Waals surface area contributed by atoms with Gasteiger partial charge in [-0.1, -0.05) is 0 Å². The van der Waals surface area contributed by atoms with Crippen LogP contribution in [-0.2, 0) is 11.2 Å². The summed E-state index contributed by atoms with van der Waals surface area (Å²) in [6, 6.07) is 0. The van der Waals surface area contributed by atoms with Crippen LogP contribution in [0.2, 0.25) is 0 Å². The van der Waals surface area contributed by atoms with E-state index in [9.17, 15) is 0 Å². The molecule has 0 bridgehead atoms. The largest absolute Gasteiger partial charge is 0.381 e. The van der Waals surface area contributed by atoms with E-state index in [2.05, 4.69) is 10.7 Å². The smallest absolute Gasteiger partial charge is 0.0928 e. The Labute approximate surface area is 108 Å². The molecule has 1 aromatic heterocycles. The molecule has 0 saturated carbocycles. The summed E-state index contributed by atoms with van der Waals surface area (Å²) in [5, 5.41) is 6.74. The number of unbranched alkanes of at least 4 members (excludes halogenated alkanes) is 1. The molecule has 3 nitrogen and oxygen atoms in total. The van der Waals surface area contributed by atoms with Crippen LogP contribution in [0, 0.1) is 0 Å². The van der Waals surface area contributed by atoms with Crippen LogP contribution in [0.25, 0.3) is 0 Å². The molecule has 1 aromatic rings. The second kappa shape index (κ2) is 7.09. The van der Waals surface area contributed by atoms with Crippen LogP contribution in [0.1, 0.15) is 42.3 Å². The molecule has 0 aliphatic carbocycles. The highest BCUT2D eigenvalue weighted by atomic mass is 32.1. The van der Waals surface area contributed by atoms with Crippen LogP contribution >= 0.6 is 11.3 Å². The maximum atomic E-state index is 5.39. The van der Waals surface area contributed by atoms with Crippen molar-refractivity contribution in [2.24, 2.45) is 0 Å². The molecule has 2 heterocycles. The SMILES string of the molecule is CNCCCCc1nc(C2CCOCC2)cs1. The van der Waals surface area contributed by atoms with Crippen LogP contribution in [0.15, 0.2) is 5.38 Å². The van der Waals surface area contributed by atoms with Crippen molar-refractivity contribution in [1.82, 2.24) is 10.3 Å². The van der Waals surface area contributed by atoms with E-state index < -0.39 is 0 Å². The van der Waals surface area contributed by atoms with E-state index in [1.54, 1.807) is 0 Å². The monoisotopic (exact) mass is 254 g/mol. The van der Waals surface area contributed by atoms with Crippen molar-refractivity contribution in [3.05, 3.63) is 16.1 Å². The molecule has 1 N–H and O–H groups in total. The van der Waals surface area contributed by atoms with Gasteiger partial charge in [-0.3, -0.25) is 0 Å². The Morgan fingerprint density at radius 2 is 2.24 bits per heavy atom. The number of rotatable bonds is 6. The Morgan fingerprint density at radius 3 is 3.00 bits per heavy atom. The third kappa shape index (κ3) is 4.05. The fourth-order valence-corrected chi connectivity index (χ4v) is 3.12. The quantitative estimate of drug-likeness (QED) is 0.792. The molecule has 1 aliphatic rings. The summed E-state index contributed by atoms with van der Waals surface area (Å²) >= 11 is 1.83. The highest BCUT2D eigenvalue weighted by Gasteiger charge is 2.18. The van der Waals surface area contributed by atoms with Crippen LogP contribution in [-0.4, -0.2) is 31.8 Å². The summed E-state index contributed by atoms with van der Waals surface area (Å²) in [5.74, 6) is 0.644. The van der Waals surface area contributed by atoms with Gasteiger partial charge in [0.15, 0.2) is 0 Å². The first-order valence-corrected chi connectivity index (χ1v) is 7.44. The summed E-state index contributed by atoms with van der Waals surface area (Å²) in [6.07, 6.45) is 5.89. The molecule has 0 amide bonds. The van der Waals surface area contributed by atoms with Crippen molar-refractivity contribution in [3.8, 4) is 0 Å². The van der Waals surface area contributed by atoms with Crippen LogP contribution in [0.3, 0.4) is 0 Å². The van der Waals surface area contributed by atoms with Gasteiger partial charge in [-0.15, -0.1) is 11.3 Å². The summed E-state index contributed by atoms with van der Waals surface area (Å²) in [4.78, 5) is 4.77. The van der Waals surface area contributed by atoms with E-state index in [1.807, 2.05) is 18.4 Å². The fourth-order valence-electron chi connectivity index (χ4n) is 2.20. The minimum atomic E-state index is 0.644. The summed E-state index contributed by atoms with van der Waals surface area (Å²) in [6.45, 7) is 2.91. The molecule has 1 aliphatic heterocycles. The first-order chi connectivity index (χ1) is 8.40. The molecular weight excluding hydrogens is 232 g/mol. The Hall–Kier alpha value is -0.450. The highest BCUT2D eigenvalue weighted by molar-refractivity contribution is 7.09. The highest BCUT2D eigenvalue weighted by Crippen LogP contribution is 2.28. The van der Waals surface area contributed by atoms with E-state index >= 15 is 0 Å². The fraction of sp³-hybridized carbons (Fsp3) is 0.769. The van der Waals surface area contributed by atoms with Gasteiger partial charge in [-0.2, -0.15) is 0 Å². The van der Waals surface area contributed by atoms with E-state index in [0.29, 0.717) is 5.92 Å². The van der Waals surface area contributed by atoms with Crippen LogP contribution < -0.4 is 5.32 Å². The molecule has 1 saturated heterocycles. The molecule has 1 fully saturated rings. The van der Waals surface area contributed by atoms with E-state index in [-0.39, 0.29) is 0 Å². The van der Waals surface area contributed by atoms with Crippen LogP contribution in [0.5, 0.6) is 0 Å². The number of thiazole rings is 1. The van der Waals surface area contributed by atoms with E-state index in [1.165, 1.54) is 23.5 Å². The Balaban J connectivity index is 1.78. The Morgan fingerprint density at radius 1 is 1.41 bits per heavy atom. The summed E-state index contributed by atoms with van der Waals surface area (Å²) in [7, 11) is 2.01. The summed E-state index contributed by atoms with van der Waals surface area (Å²) in [5.41, 5.74) is 1.31. The number of ether oxygens (including phenoxy) is 1. The third-order valence-electron chi connectivity index (χ3n) is 3.28. The maximum Gasteiger partial charge on any atom is 0.0928 e. The second-order valence-corrected chi connectivity index (χ2v) is 5.56. The standard InChI is InChI=1S/C13H22N2OS/c1-14-7-3-2-4-13-15-12(10-17-13)11-5-8-16-9-6-11/h10-11,14H,2-9H2,1H3. The molecular formula is C13H22N2OS. The molecule has 0 atom stereocenters. The third-order valence-corrected chi connectivity index (χ3v) is 4.20. The number of hydrogen-bond acceptors (Lipinski definition) is 4. The first kappa shape index (κ1) is 13.0. The van der Waals surface area contributed by atoms with Crippen molar-refractivity contribution < 1.29 is 4.74 Å². The lowest BCUT2D eigenvalue weighted by Crippen LogP contribution is -2.14. The van der Waals surface area contributed by atoms with E-state index in [4.69, 9.17) is 9.72 Å². The lowest BCUT2D eigenvalue weighted by Gasteiger charge is -2.19. The number of nitrogens with zero attached hydrogens (tertiary/aromatic N) is 1. The number of hydrogen-bond donors (Lipinski definition) is 1. The van der Waals surface area contributed by atoms with E-state index in [0.717, 1.165) is 39.0 Å². The van der Waals surface area contributed by atoms with Crippen molar-refractivity contribution >= 4 is 11.3 Å². The molecule has 0 unspecified atom stereocenters. The van der Waals surface area contributed by atoms with Gasteiger partial charge in [0.2, 0.25) is 0 Å². The van der Waals surface area contributed by atoms with Gasteiger partial charge in [0.25, 0.3) is 0 Å². The zero-order valence-electron chi connectivity index (χ0n) is 10.6. The van der Waals surface area contributed by atoms with Gasteiger partial charge in [0.05, 0.1) is 10.7 Å². The molecule has 96 valence electrons. The van der Waals surface area contributed by atoms with Crippen molar-refractivity contribution in [1.29, 1.82) is 0 Å². The van der Waals surface area contributed by atoms with Crippen LogP contribution in [0.4, 0.5) is 0 Å². The average molecular weight is 254 g/mol. The van der Waals surface area contributed by atoms with Crippen molar-refractivity contribution in [2.75, 3.05) is 26.8 Å². The molecule has 0 spiro atoms. The van der Waals surface area contributed by atoms with Gasteiger partial charge < -0.3 is 10.1 Å². The Kier molecular flexibility index (Phi) is 5.42. The van der Waals surface area contributed by atoms with Gasteiger partial charge >= 0.3 is 0 Å². The maximum absolute atomic E-state index is 5.39. The van der Waals surface area contributed by atoms with Gasteiger partial charge in [-0.25, -0.2) is 4.98 Å². The minimum absolute atomic E-state index is 0.644.